The molecule has 0 amide bonds. The van der Waals surface area contributed by atoms with Crippen LogP contribution in [0.1, 0.15) is 20.8 Å². The highest BCUT2D eigenvalue weighted by Crippen LogP contribution is 1.91. The van der Waals surface area contributed by atoms with Crippen LogP contribution in [0.5, 0.6) is 0 Å². The van der Waals surface area contributed by atoms with E-state index in [2.05, 4.69) is 5.73 Å². The zero-order valence-corrected chi connectivity index (χ0v) is 6.47. The van der Waals surface area contributed by atoms with Gasteiger partial charge in [-0.05, 0) is 20.8 Å². The fraction of sp³-hybridized carbons (Fsp3) is 0.571. The molecule has 0 aliphatic heterocycles. The van der Waals surface area contributed by atoms with Gasteiger partial charge in [0.1, 0.15) is 0 Å². The van der Waals surface area contributed by atoms with Gasteiger partial charge in [-0.15, -0.1) is 0 Å². The molecule has 0 radical (unpaired) electrons. The van der Waals surface area contributed by atoms with Gasteiger partial charge in [0, 0.05) is 11.8 Å². The average Bonchev–Trinajstić information content (AvgIpc) is 1.85. The summed E-state index contributed by atoms with van der Waals surface area (Å²) in [5.74, 6) is -0.419. The number of esters is 1. The SMILES string of the molecule is [2H]N/C(C)=C/C(=O)OC(C)C. The number of ether oxygens (including phenoxy) is 1. The van der Waals surface area contributed by atoms with Gasteiger partial charge in [0.05, 0.1) is 6.10 Å². The monoisotopic (exact) mass is 144 g/mol. The molecule has 0 rings (SSSR count). The molecule has 0 aromatic heterocycles. The average molecular weight is 144 g/mol. The van der Waals surface area contributed by atoms with Gasteiger partial charge in [-0.2, -0.15) is 0 Å². The van der Waals surface area contributed by atoms with E-state index in [1.54, 1.807) is 20.8 Å². The normalized spacial score (nSPS) is 12.8. The van der Waals surface area contributed by atoms with Crippen molar-refractivity contribution in [1.29, 1.82) is 0 Å². The third kappa shape index (κ3) is 5.15. The number of carbonyl (C=O) groups is 1. The number of nitrogens with two attached hydrogens (primary N) is 1. The maximum Gasteiger partial charge on any atom is 0.332 e. The summed E-state index contributed by atoms with van der Waals surface area (Å²) in [7, 11) is 0. The molecule has 0 aromatic carbocycles. The van der Waals surface area contributed by atoms with Crippen molar-refractivity contribution >= 4 is 5.97 Å². The smallest absolute Gasteiger partial charge is 0.332 e. The van der Waals surface area contributed by atoms with E-state index in [9.17, 15) is 4.79 Å². The first-order chi connectivity index (χ1) is 5.06. The van der Waals surface area contributed by atoms with Crippen LogP contribution in [0.4, 0.5) is 0 Å². The lowest BCUT2D eigenvalue weighted by Crippen LogP contribution is -2.10. The minimum Gasteiger partial charge on any atom is -0.460 e. The van der Waals surface area contributed by atoms with E-state index in [1.165, 1.54) is 6.08 Å². The van der Waals surface area contributed by atoms with Crippen LogP contribution in [0.25, 0.3) is 0 Å². The van der Waals surface area contributed by atoms with Crippen LogP contribution < -0.4 is 5.73 Å². The van der Waals surface area contributed by atoms with Crippen molar-refractivity contribution in [2.45, 2.75) is 26.9 Å². The highest BCUT2D eigenvalue weighted by atomic mass is 16.5. The summed E-state index contributed by atoms with van der Waals surface area (Å²) in [6.45, 7) is 5.17. The molecule has 0 unspecified atom stereocenters. The maximum atomic E-state index is 10.8. The Bertz CT molecular complexity index is 166. The third-order valence-corrected chi connectivity index (χ3v) is 0.686. The summed E-state index contributed by atoms with van der Waals surface area (Å²) in [5.41, 5.74) is 2.55. The molecule has 10 heavy (non-hydrogen) atoms. The van der Waals surface area contributed by atoms with Gasteiger partial charge in [-0.1, -0.05) is 0 Å². The first-order valence-corrected chi connectivity index (χ1v) is 3.13. The zero-order valence-electron chi connectivity index (χ0n) is 7.47. The fourth-order valence-electron chi connectivity index (χ4n) is 0.443. The minimum atomic E-state index is -0.419. The molecule has 0 aromatic rings. The van der Waals surface area contributed by atoms with Gasteiger partial charge in [0.15, 0.2) is 1.41 Å². The van der Waals surface area contributed by atoms with E-state index >= 15 is 0 Å². The summed E-state index contributed by atoms with van der Waals surface area (Å²) in [5, 5.41) is 0. The summed E-state index contributed by atoms with van der Waals surface area (Å²) in [6, 6.07) is 0. The van der Waals surface area contributed by atoms with Crippen molar-refractivity contribution in [1.82, 2.24) is 0 Å². The largest absolute Gasteiger partial charge is 0.460 e. The van der Waals surface area contributed by atoms with Crippen LogP contribution in [0.15, 0.2) is 11.8 Å². The van der Waals surface area contributed by atoms with Crippen molar-refractivity contribution < 1.29 is 10.9 Å². The molecule has 58 valence electrons. The van der Waals surface area contributed by atoms with E-state index < -0.39 is 5.97 Å². The summed E-state index contributed by atoms with van der Waals surface area (Å²) < 4.78 is 11.4. The molecule has 0 fully saturated rings. The lowest BCUT2D eigenvalue weighted by atomic mass is 10.4. The van der Waals surface area contributed by atoms with Crippen LogP contribution in [0, 0.1) is 0 Å². The predicted molar refractivity (Wildman–Crippen MR) is 39.2 cm³/mol. The molecular formula is C7H13NO2. The van der Waals surface area contributed by atoms with E-state index in [4.69, 9.17) is 6.15 Å². The topological polar surface area (TPSA) is 52.3 Å². The minimum absolute atomic E-state index is 0.114. The lowest BCUT2D eigenvalue weighted by Gasteiger charge is -2.03. The maximum absolute atomic E-state index is 10.8. The number of carbonyl (C=O) groups excluding carboxylic acids is 1. The van der Waals surface area contributed by atoms with Crippen molar-refractivity contribution in [3.63, 3.8) is 0 Å². The molecule has 0 aliphatic carbocycles. The van der Waals surface area contributed by atoms with Gasteiger partial charge >= 0.3 is 5.97 Å². The van der Waals surface area contributed by atoms with Crippen molar-refractivity contribution in [2.75, 3.05) is 0 Å². The van der Waals surface area contributed by atoms with Crippen LogP contribution >= 0.6 is 0 Å². The standard InChI is InChI=1S/C7H13NO2/c1-5(2)10-7(9)4-6(3)8/h4-5H,8H2,1-3H3/b6-4+/i/hD. The van der Waals surface area contributed by atoms with E-state index in [1.807, 2.05) is 0 Å². The van der Waals surface area contributed by atoms with E-state index in [0.717, 1.165) is 0 Å². The number of hydrogen-bond acceptors (Lipinski definition) is 3. The van der Waals surface area contributed by atoms with Crippen LogP contribution in [0.2, 0.25) is 1.41 Å². The molecular weight excluding hydrogens is 130 g/mol. The Morgan fingerprint density at radius 1 is 1.80 bits per heavy atom. The second-order valence-electron chi connectivity index (χ2n) is 2.31. The first kappa shape index (κ1) is 7.12. The van der Waals surface area contributed by atoms with Gasteiger partial charge in [-0.3, -0.25) is 0 Å². The van der Waals surface area contributed by atoms with Gasteiger partial charge in [0.2, 0.25) is 0 Å². The Kier molecular flexibility index (Phi) is 2.80. The molecule has 0 atom stereocenters. The van der Waals surface area contributed by atoms with Gasteiger partial charge < -0.3 is 10.5 Å². The van der Waals surface area contributed by atoms with Gasteiger partial charge in [-0.25, -0.2) is 4.79 Å². The lowest BCUT2D eigenvalue weighted by molar-refractivity contribution is -0.141. The molecule has 3 nitrogen and oxygen atoms in total. The fourth-order valence-corrected chi connectivity index (χ4v) is 0.443. The molecule has 3 heteroatoms. The molecule has 0 spiro atoms. The highest BCUT2D eigenvalue weighted by Gasteiger charge is 1.99. The Hall–Kier alpha value is -0.990. The summed E-state index contributed by atoms with van der Waals surface area (Å²) >= 11 is 0. The van der Waals surface area contributed by atoms with Crippen LogP contribution in [0.3, 0.4) is 0 Å². The molecule has 0 heterocycles. The molecule has 0 aliphatic rings. The second kappa shape index (κ2) is 3.93. The Balaban J connectivity index is 3.86. The van der Waals surface area contributed by atoms with Crippen LogP contribution in [-0.4, -0.2) is 12.1 Å². The number of allylic oxidation sites excluding steroid dienone is 1. The molecule has 0 saturated heterocycles. The predicted octanol–water partition coefficient (Wildman–Crippen LogP) is 0.800. The second-order valence-corrected chi connectivity index (χ2v) is 2.31. The van der Waals surface area contributed by atoms with Crippen molar-refractivity contribution in [3.8, 4) is 0 Å². The van der Waals surface area contributed by atoms with Crippen molar-refractivity contribution in [3.05, 3.63) is 11.8 Å². The highest BCUT2D eigenvalue weighted by molar-refractivity contribution is 5.82. The van der Waals surface area contributed by atoms with E-state index in [0.29, 0.717) is 5.70 Å². The number of rotatable bonds is 3. The summed E-state index contributed by atoms with van der Waals surface area (Å²) in [4.78, 5) is 10.8. The summed E-state index contributed by atoms with van der Waals surface area (Å²) in [6.07, 6.45) is 1.13. The van der Waals surface area contributed by atoms with Crippen LogP contribution in [-0.2, 0) is 9.53 Å². The number of hydrogen-bond donors (Lipinski definition) is 1. The van der Waals surface area contributed by atoms with E-state index in [-0.39, 0.29) is 6.10 Å². The molecule has 2 N–H and O–H groups in total. The Morgan fingerprint density at radius 2 is 2.40 bits per heavy atom. The first-order valence-electron chi connectivity index (χ1n) is 3.63. The quantitative estimate of drug-likeness (QED) is 0.471. The molecule has 0 bridgehead atoms. The Labute approximate surface area is 62.3 Å². The third-order valence-electron chi connectivity index (χ3n) is 0.686. The van der Waals surface area contributed by atoms with Crippen molar-refractivity contribution in [2.24, 2.45) is 5.73 Å². The zero-order chi connectivity index (χ0) is 8.85. The van der Waals surface area contributed by atoms with Gasteiger partial charge in [0.25, 0.3) is 0 Å². The Morgan fingerprint density at radius 3 is 2.80 bits per heavy atom. The molecule has 0 saturated carbocycles.